The number of rotatable bonds is 5. The normalized spacial score (nSPS) is 16.0. The van der Waals surface area contributed by atoms with Crippen molar-refractivity contribution in [3.05, 3.63) is 21.7 Å². The summed E-state index contributed by atoms with van der Waals surface area (Å²) in [6.07, 6.45) is 1.97. The monoisotopic (exact) mass is 328 g/mol. The van der Waals surface area contributed by atoms with E-state index in [0.29, 0.717) is 11.5 Å². The maximum absolute atomic E-state index is 11.0. The van der Waals surface area contributed by atoms with Gasteiger partial charge in [-0.1, -0.05) is 0 Å². The van der Waals surface area contributed by atoms with Gasteiger partial charge in [-0.2, -0.15) is 0 Å². The van der Waals surface area contributed by atoms with Gasteiger partial charge in [0.2, 0.25) is 0 Å². The summed E-state index contributed by atoms with van der Waals surface area (Å²) in [5, 5.41) is 9.07. The van der Waals surface area contributed by atoms with Gasteiger partial charge in [-0.3, -0.25) is 4.79 Å². The van der Waals surface area contributed by atoms with Crippen LogP contribution in [-0.2, 0) is 10.2 Å². The fourth-order valence-corrected chi connectivity index (χ4v) is 3.15. The van der Waals surface area contributed by atoms with Crippen molar-refractivity contribution in [1.29, 1.82) is 0 Å². The third kappa shape index (κ3) is 2.43. The second kappa shape index (κ2) is 5.04. The first-order valence-electron chi connectivity index (χ1n) is 6.08. The number of carbonyl (C=O) groups is 1. The van der Waals surface area contributed by atoms with Crippen LogP contribution in [0.4, 0.5) is 0 Å². The molecule has 0 saturated heterocycles. The van der Waals surface area contributed by atoms with E-state index in [2.05, 4.69) is 15.9 Å². The zero-order valence-corrected chi connectivity index (χ0v) is 12.8. The number of hydrogen-bond donors (Lipinski definition) is 1. The molecule has 1 saturated carbocycles. The number of aliphatic carboxylic acids is 1. The van der Waals surface area contributed by atoms with Gasteiger partial charge in [0.1, 0.15) is 0 Å². The predicted molar refractivity (Wildman–Crippen MR) is 75.1 cm³/mol. The van der Waals surface area contributed by atoms with E-state index in [1.807, 2.05) is 13.0 Å². The quantitative estimate of drug-likeness (QED) is 0.901. The molecule has 2 rings (SSSR count). The summed E-state index contributed by atoms with van der Waals surface area (Å²) in [5.74, 6) is 0.518. The largest absolute Gasteiger partial charge is 0.493 e. The first-order valence-corrected chi connectivity index (χ1v) is 6.88. The average Bonchev–Trinajstić information content (AvgIpc) is 3.11. The fraction of sp³-hybridized carbons (Fsp3) is 0.500. The van der Waals surface area contributed by atoms with Crippen LogP contribution in [0.2, 0.25) is 0 Å². The molecule has 0 bridgehead atoms. The molecule has 1 aromatic carbocycles. The standard InChI is InChI=1S/C14H17BrO4/c1-8-9(14(4-5-14)7-11(16)17)6-10(18-2)13(19-3)12(8)15/h6H,4-5,7H2,1-3H3,(H,16,17). The lowest BCUT2D eigenvalue weighted by molar-refractivity contribution is -0.137. The molecule has 1 fully saturated rings. The lowest BCUT2D eigenvalue weighted by Crippen LogP contribution is -2.15. The molecule has 1 aromatic rings. The Bertz CT molecular complexity index is 521. The van der Waals surface area contributed by atoms with E-state index < -0.39 is 5.97 Å². The van der Waals surface area contributed by atoms with Crippen LogP contribution in [0.15, 0.2) is 10.5 Å². The maximum Gasteiger partial charge on any atom is 0.304 e. The molecule has 1 N–H and O–H groups in total. The molecule has 1 aliphatic rings. The lowest BCUT2D eigenvalue weighted by atomic mass is 9.88. The molecule has 0 aliphatic heterocycles. The van der Waals surface area contributed by atoms with E-state index in [-0.39, 0.29) is 11.8 Å². The summed E-state index contributed by atoms with van der Waals surface area (Å²) in [6.45, 7) is 1.98. The minimum Gasteiger partial charge on any atom is -0.493 e. The Balaban J connectivity index is 2.53. The summed E-state index contributed by atoms with van der Waals surface area (Å²) < 4.78 is 11.5. The topological polar surface area (TPSA) is 55.8 Å². The van der Waals surface area contributed by atoms with Crippen molar-refractivity contribution in [3.8, 4) is 11.5 Å². The highest BCUT2D eigenvalue weighted by molar-refractivity contribution is 9.10. The molecule has 5 heteroatoms. The molecule has 0 atom stereocenters. The van der Waals surface area contributed by atoms with Gasteiger partial charge in [0.05, 0.1) is 25.1 Å². The van der Waals surface area contributed by atoms with Crippen LogP contribution in [0, 0.1) is 6.92 Å². The molecular formula is C14H17BrO4. The Kier molecular flexibility index (Phi) is 3.76. The van der Waals surface area contributed by atoms with Crippen molar-refractivity contribution >= 4 is 21.9 Å². The van der Waals surface area contributed by atoms with Crippen molar-refractivity contribution in [2.45, 2.75) is 31.6 Å². The van der Waals surface area contributed by atoms with Crippen LogP contribution in [0.1, 0.15) is 30.4 Å². The van der Waals surface area contributed by atoms with Crippen LogP contribution in [0.3, 0.4) is 0 Å². The number of halogens is 1. The minimum absolute atomic E-state index is 0.162. The Morgan fingerprint density at radius 2 is 2.05 bits per heavy atom. The minimum atomic E-state index is -0.761. The van der Waals surface area contributed by atoms with Gasteiger partial charge < -0.3 is 14.6 Å². The number of ether oxygens (including phenoxy) is 2. The van der Waals surface area contributed by atoms with Gasteiger partial charge in [0, 0.05) is 5.41 Å². The third-order valence-electron chi connectivity index (χ3n) is 3.77. The van der Waals surface area contributed by atoms with Gasteiger partial charge >= 0.3 is 5.97 Å². The lowest BCUT2D eigenvalue weighted by Gasteiger charge is -2.21. The number of carboxylic acid groups (broad SMARTS) is 1. The summed E-state index contributed by atoms with van der Waals surface area (Å²) in [6, 6.07) is 1.91. The summed E-state index contributed by atoms with van der Waals surface area (Å²) in [4.78, 5) is 11.0. The number of methoxy groups -OCH3 is 2. The van der Waals surface area contributed by atoms with Crippen molar-refractivity contribution < 1.29 is 19.4 Å². The number of benzene rings is 1. The molecular weight excluding hydrogens is 312 g/mol. The van der Waals surface area contributed by atoms with Crippen molar-refractivity contribution in [3.63, 3.8) is 0 Å². The first kappa shape index (κ1) is 14.2. The molecule has 0 unspecified atom stereocenters. The van der Waals surface area contributed by atoms with Crippen LogP contribution in [-0.4, -0.2) is 25.3 Å². The molecule has 4 nitrogen and oxygen atoms in total. The Morgan fingerprint density at radius 3 is 2.47 bits per heavy atom. The van der Waals surface area contributed by atoms with E-state index in [1.165, 1.54) is 0 Å². The van der Waals surface area contributed by atoms with E-state index in [9.17, 15) is 4.79 Å². The Hall–Kier alpha value is -1.23. The van der Waals surface area contributed by atoms with Gasteiger partial charge in [-0.25, -0.2) is 0 Å². The van der Waals surface area contributed by atoms with Gasteiger partial charge in [-0.15, -0.1) is 0 Å². The fourth-order valence-electron chi connectivity index (χ4n) is 2.58. The van der Waals surface area contributed by atoms with E-state index in [4.69, 9.17) is 14.6 Å². The smallest absolute Gasteiger partial charge is 0.304 e. The van der Waals surface area contributed by atoms with Gasteiger partial charge in [-0.05, 0) is 52.9 Å². The van der Waals surface area contributed by atoms with Crippen LogP contribution in [0.25, 0.3) is 0 Å². The summed E-state index contributed by atoms with van der Waals surface area (Å²) >= 11 is 3.52. The highest BCUT2D eigenvalue weighted by atomic mass is 79.9. The number of hydrogen-bond acceptors (Lipinski definition) is 3. The molecule has 0 amide bonds. The first-order chi connectivity index (χ1) is 8.95. The van der Waals surface area contributed by atoms with Gasteiger partial charge in [0.25, 0.3) is 0 Å². The molecule has 1 aliphatic carbocycles. The summed E-state index contributed by atoms with van der Waals surface area (Å²) in [5.41, 5.74) is 1.83. The van der Waals surface area contributed by atoms with Crippen LogP contribution >= 0.6 is 15.9 Å². The SMILES string of the molecule is COc1cc(C2(CC(=O)O)CC2)c(C)c(Br)c1OC. The molecule has 0 spiro atoms. The molecule has 19 heavy (non-hydrogen) atoms. The second-order valence-electron chi connectivity index (χ2n) is 4.95. The highest BCUT2D eigenvalue weighted by Gasteiger charge is 2.47. The highest BCUT2D eigenvalue weighted by Crippen LogP contribution is 2.55. The maximum atomic E-state index is 11.0. The van der Waals surface area contributed by atoms with Crippen molar-refractivity contribution in [2.24, 2.45) is 0 Å². The van der Waals surface area contributed by atoms with Gasteiger partial charge in [0.15, 0.2) is 11.5 Å². The molecule has 0 radical (unpaired) electrons. The zero-order valence-electron chi connectivity index (χ0n) is 11.2. The van der Waals surface area contributed by atoms with Crippen molar-refractivity contribution in [2.75, 3.05) is 14.2 Å². The van der Waals surface area contributed by atoms with E-state index >= 15 is 0 Å². The Labute approximate surface area is 120 Å². The van der Waals surface area contributed by atoms with Crippen molar-refractivity contribution in [1.82, 2.24) is 0 Å². The number of carboxylic acids is 1. The van der Waals surface area contributed by atoms with E-state index in [0.717, 1.165) is 28.4 Å². The Morgan fingerprint density at radius 1 is 1.42 bits per heavy atom. The molecule has 104 valence electrons. The third-order valence-corrected chi connectivity index (χ3v) is 4.73. The van der Waals surface area contributed by atoms with E-state index in [1.54, 1.807) is 14.2 Å². The van der Waals surface area contributed by atoms with Crippen LogP contribution < -0.4 is 9.47 Å². The average molecular weight is 329 g/mol. The molecule has 0 aromatic heterocycles. The summed E-state index contributed by atoms with van der Waals surface area (Å²) in [7, 11) is 3.17. The van der Waals surface area contributed by atoms with Crippen LogP contribution in [0.5, 0.6) is 11.5 Å². The zero-order chi connectivity index (χ0) is 14.2. The predicted octanol–water partition coefficient (Wildman–Crippen LogP) is 3.28. The molecule has 0 heterocycles. The second-order valence-corrected chi connectivity index (χ2v) is 5.74.